The van der Waals surface area contributed by atoms with Crippen molar-refractivity contribution in [2.24, 2.45) is 5.92 Å². The van der Waals surface area contributed by atoms with Crippen LogP contribution < -0.4 is 10.1 Å². The molecule has 1 aliphatic carbocycles. The number of hydrogen-bond acceptors (Lipinski definition) is 2. The Labute approximate surface area is 149 Å². The van der Waals surface area contributed by atoms with E-state index in [9.17, 15) is 4.39 Å². The number of hydrogen-bond donors (Lipinski definition) is 1. The molecule has 0 spiro atoms. The number of rotatable bonds is 3. The summed E-state index contributed by atoms with van der Waals surface area (Å²) in [6, 6.07) is 13.1. The van der Waals surface area contributed by atoms with E-state index in [2.05, 4.69) is 31.3 Å². The van der Waals surface area contributed by atoms with Gasteiger partial charge in [0.05, 0.1) is 0 Å². The molecule has 0 saturated heterocycles. The molecule has 1 aliphatic heterocycles. The van der Waals surface area contributed by atoms with Crippen LogP contribution in [0, 0.1) is 11.7 Å². The summed E-state index contributed by atoms with van der Waals surface area (Å²) in [6.07, 6.45) is 2.41. The molecule has 0 unspecified atom stereocenters. The van der Waals surface area contributed by atoms with Crippen molar-refractivity contribution in [3.05, 3.63) is 65.0 Å². The molecule has 2 aromatic carbocycles. The molecule has 1 saturated carbocycles. The zero-order valence-electron chi connectivity index (χ0n) is 14.3. The standard InChI is InChI=1S/C21H22FNO.CH4/c1-21(2)20(14-4-5-14)19(13-6-8-15(22)9-7-13)17-11-10-16(23-3)12-18(17)24-21;/h6-12,14,23H,4-5H2,1-3H3;1H4. The number of anilines is 1. The molecule has 132 valence electrons. The number of nitrogens with one attached hydrogen (secondary N) is 1. The fourth-order valence-electron chi connectivity index (χ4n) is 3.74. The van der Waals surface area contributed by atoms with Gasteiger partial charge in [0.1, 0.15) is 17.2 Å². The molecule has 0 atom stereocenters. The summed E-state index contributed by atoms with van der Waals surface area (Å²) in [4.78, 5) is 0. The Morgan fingerprint density at radius 2 is 1.76 bits per heavy atom. The third kappa shape index (κ3) is 3.04. The van der Waals surface area contributed by atoms with Gasteiger partial charge in [-0.2, -0.15) is 0 Å². The minimum atomic E-state index is -0.357. The SMILES string of the molecule is C.CNc1ccc2c(c1)OC(C)(C)C(C1CC1)=C2c1ccc(F)cc1. The zero-order chi connectivity index (χ0) is 16.9. The molecular weight excluding hydrogens is 313 g/mol. The van der Waals surface area contributed by atoms with E-state index in [4.69, 9.17) is 4.74 Å². The molecule has 4 rings (SSSR count). The summed E-state index contributed by atoms with van der Waals surface area (Å²) >= 11 is 0. The highest BCUT2D eigenvalue weighted by molar-refractivity contribution is 5.88. The van der Waals surface area contributed by atoms with Gasteiger partial charge in [-0.3, -0.25) is 0 Å². The van der Waals surface area contributed by atoms with Crippen LogP contribution in [0.2, 0.25) is 0 Å². The van der Waals surface area contributed by atoms with E-state index in [0.717, 1.165) is 22.6 Å². The van der Waals surface area contributed by atoms with E-state index in [1.54, 1.807) is 0 Å². The Morgan fingerprint density at radius 3 is 2.36 bits per heavy atom. The molecule has 1 N–H and O–H groups in total. The van der Waals surface area contributed by atoms with Crippen LogP contribution >= 0.6 is 0 Å². The maximum Gasteiger partial charge on any atom is 0.130 e. The van der Waals surface area contributed by atoms with Gasteiger partial charge in [-0.25, -0.2) is 4.39 Å². The van der Waals surface area contributed by atoms with Gasteiger partial charge in [-0.05, 0) is 73.6 Å². The topological polar surface area (TPSA) is 21.3 Å². The van der Waals surface area contributed by atoms with Crippen molar-refractivity contribution in [2.75, 3.05) is 12.4 Å². The van der Waals surface area contributed by atoms with E-state index < -0.39 is 0 Å². The minimum Gasteiger partial charge on any atom is -0.483 e. The highest BCUT2D eigenvalue weighted by atomic mass is 19.1. The minimum absolute atomic E-state index is 0. The predicted octanol–water partition coefficient (Wildman–Crippen LogP) is 5.89. The third-order valence-corrected chi connectivity index (χ3v) is 4.94. The van der Waals surface area contributed by atoms with Gasteiger partial charge in [0.25, 0.3) is 0 Å². The summed E-state index contributed by atoms with van der Waals surface area (Å²) < 4.78 is 19.8. The van der Waals surface area contributed by atoms with Crippen LogP contribution in [0.4, 0.5) is 10.1 Å². The first kappa shape index (κ1) is 17.5. The lowest BCUT2D eigenvalue weighted by Crippen LogP contribution is -2.36. The molecule has 0 radical (unpaired) electrons. The maximum atomic E-state index is 13.4. The van der Waals surface area contributed by atoms with Crippen LogP contribution in [0.3, 0.4) is 0 Å². The molecule has 25 heavy (non-hydrogen) atoms. The van der Waals surface area contributed by atoms with Crippen LogP contribution in [0.15, 0.2) is 48.0 Å². The van der Waals surface area contributed by atoms with Crippen molar-refractivity contribution in [3.8, 4) is 5.75 Å². The smallest absolute Gasteiger partial charge is 0.130 e. The second kappa shape index (κ2) is 6.21. The van der Waals surface area contributed by atoms with Crippen LogP contribution in [0.25, 0.3) is 5.57 Å². The molecule has 0 aromatic heterocycles. The quantitative estimate of drug-likeness (QED) is 0.753. The fraction of sp³-hybridized carbons (Fsp3) is 0.364. The number of benzene rings is 2. The Hall–Kier alpha value is -2.29. The lowest BCUT2D eigenvalue weighted by atomic mass is 9.80. The van der Waals surface area contributed by atoms with Crippen molar-refractivity contribution in [1.82, 2.24) is 0 Å². The predicted molar refractivity (Wildman–Crippen MR) is 103 cm³/mol. The van der Waals surface area contributed by atoms with Gasteiger partial charge in [0, 0.05) is 24.4 Å². The highest BCUT2D eigenvalue weighted by Gasteiger charge is 2.43. The first-order valence-electron chi connectivity index (χ1n) is 8.51. The Kier molecular flexibility index (Phi) is 4.36. The fourth-order valence-corrected chi connectivity index (χ4v) is 3.74. The zero-order valence-corrected chi connectivity index (χ0v) is 14.3. The maximum absolute atomic E-state index is 13.4. The van der Waals surface area contributed by atoms with E-state index >= 15 is 0 Å². The largest absolute Gasteiger partial charge is 0.483 e. The van der Waals surface area contributed by atoms with Crippen molar-refractivity contribution >= 4 is 11.3 Å². The molecule has 1 heterocycles. The second-order valence-corrected chi connectivity index (χ2v) is 7.14. The molecular formula is C22H26FNO. The molecule has 3 heteroatoms. The molecule has 2 aromatic rings. The number of ether oxygens (including phenoxy) is 1. The Balaban J connectivity index is 0.00000182. The van der Waals surface area contributed by atoms with Crippen LogP contribution in [-0.4, -0.2) is 12.6 Å². The first-order chi connectivity index (χ1) is 11.5. The molecule has 1 fully saturated rings. The number of fused-ring (bicyclic) bond motifs is 1. The number of halogens is 1. The van der Waals surface area contributed by atoms with E-state index in [0.29, 0.717) is 5.92 Å². The normalized spacial score (nSPS) is 18.1. The second-order valence-electron chi connectivity index (χ2n) is 7.14. The van der Waals surface area contributed by atoms with Crippen LogP contribution in [0.5, 0.6) is 5.75 Å². The van der Waals surface area contributed by atoms with Gasteiger partial charge in [0.2, 0.25) is 0 Å². The van der Waals surface area contributed by atoms with Gasteiger partial charge >= 0.3 is 0 Å². The Bertz CT molecular complexity index is 816. The van der Waals surface area contributed by atoms with Gasteiger partial charge < -0.3 is 10.1 Å². The lowest BCUT2D eigenvalue weighted by Gasteiger charge is -2.38. The summed E-state index contributed by atoms with van der Waals surface area (Å²) in [6.45, 7) is 4.28. The van der Waals surface area contributed by atoms with E-state index in [1.165, 1.54) is 36.1 Å². The average molecular weight is 339 g/mol. The van der Waals surface area contributed by atoms with Crippen molar-refractivity contribution in [3.63, 3.8) is 0 Å². The van der Waals surface area contributed by atoms with Gasteiger partial charge in [-0.1, -0.05) is 19.6 Å². The Morgan fingerprint density at radius 1 is 1.08 bits per heavy atom. The first-order valence-corrected chi connectivity index (χ1v) is 8.51. The van der Waals surface area contributed by atoms with Crippen molar-refractivity contribution in [2.45, 2.75) is 39.7 Å². The molecule has 2 aliphatic rings. The van der Waals surface area contributed by atoms with Crippen molar-refractivity contribution < 1.29 is 9.13 Å². The van der Waals surface area contributed by atoms with Crippen molar-refractivity contribution in [1.29, 1.82) is 0 Å². The van der Waals surface area contributed by atoms with E-state index in [1.807, 2.05) is 25.2 Å². The van der Waals surface area contributed by atoms with E-state index in [-0.39, 0.29) is 18.8 Å². The monoisotopic (exact) mass is 339 g/mol. The third-order valence-electron chi connectivity index (χ3n) is 4.94. The van der Waals surface area contributed by atoms with Gasteiger partial charge in [0.15, 0.2) is 0 Å². The van der Waals surface area contributed by atoms with Crippen LogP contribution in [0.1, 0.15) is 45.2 Å². The molecule has 2 nitrogen and oxygen atoms in total. The van der Waals surface area contributed by atoms with Crippen LogP contribution in [-0.2, 0) is 0 Å². The lowest BCUT2D eigenvalue weighted by molar-refractivity contribution is 0.138. The highest BCUT2D eigenvalue weighted by Crippen LogP contribution is 2.52. The molecule has 0 amide bonds. The summed E-state index contributed by atoms with van der Waals surface area (Å²) in [5.74, 6) is 1.25. The van der Waals surface area contributed by atoms with Gasteiger partial charge in [-0.15, -0.1) is 0 Å². The average Bonchev–Trinajstić information content (AvgIpc) is 3.37. The molecule has 0 bridgehead atoms. The summed E-state index contributed by atoms with van der Waals surface area (Å²) in [7, 11) is 1.90. The summed E-state index contributed by atoms with van der Waals surface area (Å²) in [5, 5.41) is 3.17. The summed E-state index contributed by atoms with van der Waals surface area (Å²) in [5.41, 5.74) is 5.39.